The van der Waals surface area contributed by atoms with E-state index in [4.69, 9.17) is 13.9 Å². The quantitative estimate of drug-likeness (QED) is 0.302. The van der Waals surface area contributed by atoms with Crippen molar-refractivity contribution < 1.29 is 28.6 Å². The van der Waals surface area contributed by atoms with Crippen molar-refractivity contribution in [1.82, 2.24) is 0 Å². The molecule has 1 aliphatic heterocycles. The molecule has 0 spiro atoms. The Bertz CT molecular complexity index is 1270. The van der Waals surface area contributed by atoms with Gasteiger partial charge in [0.1, 0.15) is 29.1 Å². The number of para-hydroxylation sites is 2. The second kappa shape index (κ2) is 9.09. The second-order valence-corrected chi connectivity index (χ2v) is 8.42. The highest BCUT2D eigenvalue weighted by atomic mass is 16.5. The number of ketones is 1. The second-order valence-electron chi connectivity index (χ2n) is 8.42. The number of anilines is 1. The third-order valence-corrected chi connectivity index (χ3v) is 6.06. The van der Waals surface area contributed by atoms with Crippen LogP contribution in [0.3, 0.4) is 0 Å². The number of furan rings is 1. The van der Waals surface area contributed by atoms with E-state index in [1.807, 2.05) is 32.9 Å². The number of rotatable bonds is 6. The normalized spacial score (nSPS) is 17.5. The largest absolute Gasteiger partial charge is 0.507 e. The van der Waals surface area contributed by atoms with Crippen molar-refractivity contribution >= 4 is 23.1 Å². The average molecular weight is 462 g/mol. The number of amides is 1. The van der Waals surface area contributed by atoms with Gasteiger partial charge in [0, 0.05) is 5.56 Å². The third kappa shape index (κ3) is 3.73. The van der Waals surface area contributed by atoms with Gasteiger partial charge in [0.25, 0.3) is 11.7 Å². The van der Waals surface area contributed by atoms with E-state index in [2.05, 4.69) is 0 Å². The van der Waals surface area contributed by atoms with E-state index < -0.39 is 17.7 Å². The first-order chi connectivity index (χ1) is 16.3. The standard InChI is InChI=1S/C27H27NO6/c1-15(2)17-14-18(16(3)13-22(17)33-5)25(29)23-24(21-11-8-12-34-21)28(27(31)26(23)30)19-9-6-7-10-20(19)32-4/h6-15,24,29H,1-5H3/b25-23+. The van der Waals surface area contributed by atoms with Gasteiger partial charge in [0.2, 0.25) is 0 Å². The summed E-state index contributed by atoms with van der Waals surface area (Å²) in [5.41, 5.74) is 2.40. The van der Waals surface area contributed by atoms with Crippen molar-refractivity contribution in [2.45, 2.75) is 32.7 Å². The highest BCUT2D eigenvalue weighted by Crippen LogP contribution is 2.45. The van der Waals surface area contributed by atoms with Crippen molar-refractivity contribution in [3.8, 4) is 11.5 Å². The van der Waals surface area contributed by atoms with Gasteiger partial charge < -0.3 is 19.0 Å². The molecule has 1 unspecified atom stereocenters. The maximum absolute atomic E-state index is 13.3. The maximum Gasteiger partial charge on any atom is 0.300 e. The summed E-state index contributed by atoms with van der Waals surface area (Å²) >= 11 is 0. The minimum Gasteiger partial charge on any atom is -0.507 e. The monoisotopic (exact) mass is 461 g/mol. The first kappa shape index (κ1) is 23.2. The molecular formula is C27H27NO6. The van der Waals surface area contributed by atoms with Crippen LogP contribution in [0.5, 0.6) is 11.5 Å². The average Bonchev–Trinajstić information content (AvgIpc) is 3.45. The molecule has 3 aromatic rings. The molecule has 0 radical (unpaired) electrons. The zero-order valence-corrected chi connectivity index (χ0v) is 19.8. The number of carbonyl (C=O) groups is 2. The number of carbonyl (C=O) groups excluding carboxylic acids is 2. The fraction of sp³-hybridized carbons (Fsp3) is 0.259. The van der Waals surface area contributed by atoms with Crippen LogP contribution in [0.2, 0.25) is 0 Å². The molecule has 1 aromatic heterocycles. The Hall–Kier alpha value is -4.00. The molecule has 4 rings (SSSR count). The molecule has 1 fully saturated rings. The number of ether oxygens (including phenoxy) is 2. The van der Waals surface area contributed by atoms with E-state index in [1.165, 1.54) is 18.3 Å². The smallest absolute Gasteiger partial charge is 0.300 e. The van der Waals surface area contributed by atoms with Gasteiger partial charge >= 0.3 is 0 Å². The van der Waals surface area contributed by atoms with Gasteiger partial charge in [-0.3, -0.25) is 14.5 Å². The van der Waals surface area contributed by atoms with E-state index in [-0.39, 0.29) is 17.3 Å². The molecule has 1 N–H and O–H groups in total. The molecule has 0 saturated carbocycles. The van der Waals surface area contributed by atoms with Gasteiger partial charge in [-0.25, -0.2) is 0 Å². The van der Waals surface area contributed by atoms with E-state index in [0.29, 0.717) is 34.1 Å². The van der Waals surface area contributed by atoms with Gasteiger partial charge in [-0.15, -0.1) is 0 Å². The van der Waals surface area contributed by atoms with E-state index in [0.717, 1.165) is 5.56 Å². The van der Waals surface area contributed by atoms with Crippen LogP contribution in [0, 0.1) is 6.92 Å². The Balaban J connectivity index is 1.98. The van der Waals surface area contributed by atoms with Crippen LogP contribution in [0.4, 0.5) is 5.69 Å². The summed E-state index contributed by atoms with van der Waals surface area (Å²) < 4.78 is 16.6. The number of aryl methyl sites for hydroxylation is 1. The maximum atomic E-state index is 13.3. The number of Topliss-reactive ketones (excluding diaryl/α,β-unsaturated/α-hetero) is 1. The number of nitrogens with zero attached hydrogens (tertiary/aromatic N) is 1. The molecule has 1 saturated heterocycles. The van der Waals surface area contributed by atoms with Gasteiger partial charge in [0.15, 0.2) is 0 Å². The molecule has 176 valence electrons. The Kier molecular flexibility index (Phi) is 6.20. The minimum atomic E-state index is -0.963. The van der Waals surface area contributed by atoms with Crippen molar-refractivity contribution in [2.75, 3.05) is 19.1 Å². The van der Waals surface area contributed by atoms with Crippen molar-refractivity contribution in [2.24, 2.45) is 0 Å². The van der Waals surface area contributed by atoms with Crippen molar-refractivity contribution in [3.63, 3.8) is 0 Å². The molecule has 2 aromatic carbocycles. The molecule has 1 aliphatic rings. The molecule has 7 heteroatoms. The molecule has 2 heterocycles. The number of aliphatic hydroxyl groups is 1. The topological polar surface area (TPSA) is 89.2 Å². The zero-order valence-electron chi connectivity index (χ0n) is 19.8. The Morgan fingerprint density at radius 2 is 1.74 bits per heavy atom. The summed E-state index contributed by atoms with van der Waals surface area (Å²) in [4.78, 5) is 28.0. The lowest BCUT2D eigenvalue weighted by Crippen LogP contribution is -2.29. The van der Waals surface area contributed by atoms with Crippen molar-refractivity contribution in [3.05, 3.63) is 82.8 Å². The third-order valence-electron chi connectivity index (χ3n) is 6.06. The van der Waals surface area contributed by atoms with E-state index >= 15 is 0 Å². The van der Waals surface area contributed by atoms with Crippen LogP contribution in [0.1, 0.15) is 48.3 Å². The molecule has 0 aliphatic carbocycles. The summed E-state index contributed by atoms with van der Waals surface area (Å²) in [5.74, 6) is -0.265. The lowest BCUT2D eigenvalue weighted by molar-refractivity contribution is -0.132. The lowest BCUT2D eigenvalue weighted by Gasteiger charge is -2.25. The van der Waals surface area contributed by atoms with Gasteiger partial charge in [-0.1, -0.05) is 26.0 Å². The molecule has 1 atom stereocenters. The number of aliphatic hydroxyl groups excluding tert-OH is 1. The number of methoxy groups -OCH3 is 2. The Labute approximate surface area is 198 Å². The molecule has 0 bridgehead atoms. The number of hydrogen-bond donors (Lipinski definition) is 1. The van der Waals surface area contributed by atoms with Crippen LogP contribution >= 0.6 is 0 Å². The summed E-state index contributed by atoms with van der Waals surface area (Å²) in [6.45, 7) is 5.85. The summed E-state index contributed by atoms with van der Waals surface area (Å²) in [6, 6.07) is 12.9. The fourth-order valence-corrected chi connectivity index (χ4v) is 4.35. The molecule has 7 nitrogen and oxygen atoms in total. The Morgan fingerprint density at radius 1 is 1.03 bits per heavy atom. The molecular weight excluding hydrogens is 434 g/mol. The van der Waals surface area contributed by atoms with Gasteiger partial charge in [-0.2, -0.15) is 0 Å². The van der Waals surface area contributed by atoms with Gasteiger partial charge in [-0.05, 0) is 60.4 Å². The highest BCUT2D eigenvalue weighted by molar-refractivity contribution is 6.51. The summed E-state index contributed by atoms with van der Waals surface area (Å²) in [7, 11) is 3.08. The SMILES string of the molecule is COc1cc(C)c(/C(O)=C2\C(=O)C(=O)N(c3ccccc3OC)C2c2ccco2)cc1C(C)C. The minimum absolute atomic E-state index is 0.0474. The highest BCUT2D eigenvalue weighted by Gasteiger charge is 2.49. The number of hydrogen-bond acceptors (Lipinski definition) is 6. The van der Waals surface area contributed by atoms with Crippen LogP contribution < -0.4 is 14.4 Å². The Morgan fingerprint density at radius 3 is 2.35 bits per heavy atom. The molecule has 1 amide bonds. The van der Waals surface area contributed by atoms with E-state index in [1.54, 1.807) is 43.5 Å². The van der Waals surface area contributed by atoms with Crippen LogP contribution in [-0.4, -0.2) is 31.0 Å². The number of benzene rings is 2. The molecule has 34 heavy (non-hydrogen) atoms. The van der Waals surface area contributed by atoms with Crippen LogP contribution in [0.15, 0.2) is 64.8 Å². The first-order valence-corrected chi connectivity index (χ1v) is 11.0. The van der Waals surface area contributed by atoms with Gasteiger partial charge in [0.05, 0.1) is 31.7 Å². The van der Waals surface area contributed by atoms with Crippen LogP contribution in [0.25, 0.3) is 5.76 Å². The predicted octanol–water partition coefficient (Wildman–Crippen LogP) is 5.35. The zero-order chi connectivity index (χ0) is 24.6. The first-order valence-electron chi connectivity index (χ1n) is 11.0. The van der Waals surface area contributed by atoms with E-state index in [9.17, 15) is 14.7 Å². The summed E-state index contributed by atoms with van der Waals surface area (Å²) in [5, 5.41) is 11.5. The summed E-state index contributed by atoms with van der Waals surface area (Å²) in [6.07, 6.45) is 1.47. The fourth-order valence-electron chi connectivity index (χ4n) is 4.35. The van der Waals surface area contributed by atoms with Crippen molar-refractivity contribution in [1.29, 1.82) is 0 Å². The van der Waals surface area contributed by atoms with Crippen LogP contribution in [-0.2, 0) is 9.59 Å². The lowest BCUT2D eigenvalue weighted by atomic mass is 9.92. The predicted molar refractivity (Wildman–Crippen MR) is 128 cm³/mol.